The molecule has 106 valence electrons. The molecular weight excluding hydrogens is 243 g/mol. The summed E-state index contributed by atoms with van der Waals surface area (Å²) >= 11 is 0. The van der Waals surface area contributed by atoms with Crippen LogP contribution in [0.1, 0.15) is 32.3 Å². The minimum Gasteiger partial charge on any atom is -0.396 e. The Morgan fingerprint density at radius 1 is 1.47 bits per heavy atom. The minimum absolute atomic E-state index is 0.0149. The average Bonchev–Trinajstić information content (AvgIpc) is 2.38. The van der Waals surface area contributed by atoms with Gasteiger partial charge >= 0.3 is 0 Å². The van der Waals surface area contributed by atoms with Gasteiger partial charge in [0.05, 0.1) is 12.8 Å². The Labute approximate surface area is 114 Å². The number of likely N-dealkylation sites (tertiary alicyclic amines) is 1. The number of aliphatic hydroxyl groups excluding tert-OH is 1. The predicted octanol–water partition coefficient (Wildman–Crippen LogP) is 2.45. The fourth-order valence-electron chi connectivity index (χ4n) is 2.98. The van der Waals surface area contributed by atoms with Gasteiger partial charge in [0.1, 0.15) is 5.82 Å². The predicted molar refractivity (Wildman–Crippen MR) is 73.1 cm³/mol. The van der Waals surface area contributed by atoms with Crippen LogP contribution in [0.2, 0.25) is 0 Å². The van der Waals surface area contributed by atoms with Gasteiger partial charge in [0.2, 0.25) is 0 Å². The van der Waals surface area contributed by atoms with Gasteiger partial charge < -0.3 is 5.11 Å². The van der Waals surface area contributed by atoms with Crippen molar-refractivity contribution in [2.24, 2.45) is 11.3 Å². The first-order chi connectivity index (χ1) is 9.05. The van der Waals surface area contributed by atoms with E-state index in [0.717, 1.165) is 31.5 Å². The quantitative estimate of drug-likeness (QED) is 0.909. The smallest absolute Gasteiger partial charge is 0.141 e. The van der Waals surface area contributed by atoms with E-state index in [1.54, 1.807) is 6.20 Å². The second-order valence-corrected chi connectivity index (χ2v) is 6.00. The summed E-state index contributed by atoms with van der Waals surface area (Å²) in [5, 5.41) is 9.74. The third-order valence-corrected chi connectivity index (χ3v) is 4.39. The fourth-order valence-corrected chi connectivity index (χ4v) is 2.98. The maximum atomic E-state index is 13.1. The highest BCUT2D eigenvalue weighted by Gasteiger charge is 2.37. The maximum Gasteiger partial charge on any atom is 0.141 e. The Kier molecular flexibility index (Phi) is 4.53. The van der Waals surface area contributed by atoms with Crippen LogP contribution < -0.4 is 0 Å². The zero-order valence-corrected chi connectivity index (χ0v) is 11.8. The molecule has 1 atom stereocenters. The highest BCUT2D eigenvalue weighted by atomic mass is 19.1. The second kappa shape index (κ2) is 5.97. The molecule has 0 bridgehead atoms. The molecule has 0 aliphatic carbocycles. The summed E-state index contributed by atoms with van der Waals surface area (Å²) < 4.78 is 13.1. The lowest BCUT2D eigenvalue weighted by Gasteiger charge is -2.44. The summed E-state index contributed by atoms with van der Waals surface area (Å²) in [6.45, 7) is 7.15. The topological polar surface area (TPSA) is 36.4 Å². The van der Waals surface area contributed by atoms with E-state index in [1.165, 1.54) is 12.3 Å². The summed E-state index contributed by atoms with van der Waals surface area (Å²) in [5.74, 6) is 0.165. The van der Waals surface area contributed by atoms with Crippen molar-refractivity contribution < 1.29 is 9.50 Å². The molecule has 4 heteroatoms. The molecular formula is C15H23FN2O. The summed E-state index contributed by atoms with van der Waals surface area (Å²) in [6.07, 6.45) is 5.10. The van der Waals surface area contributed by atoms with E-state index in [9.17, 15) is 9.50 Å². The Morgan fingerprint density at radius 3 is 2.89 bits per heavy atom. The molecule has 3 nitrogen and oxygen atoms in total. The number of halogens is 1. The van der Waals surface area contributed by atoms with Crippen LogP contribution in [0.4, 0.5) is 4.39 Å². The number of aliphatic hydroxyl groups is 1. The van der Waals surface area contributed by atoms with E-state index in [0.29, 0.717) is 12.5 Å². The van der Waals surface area contributed by atoms with E-state index in [2.05, 4.69) is 23.7 Å². The first kappa shape index (κ1) is 14.4. The van der Waals surface area contributed by atoms with Crippen molar-refractivity contribution >= 4 is 0 Å². The zero-order chi connectivity index (χ0) is 13.9. The van der Waals surface area contributed by atoms with Gasteiger partial charge in [-0.3, -0.25) is 9.88 Å². The molecule has 1 aliphatic rings. The zero-order valence-electron chi connectivity index (χ0n) is 11.8. The molecule has 0 radical (unpaired) electrons. The van der Waals surface area contributed by atoms with Crippen LogP contribution in [0.3, 0.4) is 0 Å². The molecule has 1 aliphatic heterocycles. The molecule has 1 fully saturated rings. The van der Waals surface area contributed by atoms with Gasteiger partial charge in [-0.15, -0.1) is 0 Å². The van der Waals surface area contributed by atoms with Crippen molar-refractivity contribution in [1.82, 2.24) is 9.88 Å². The largest absolute Gasteiger partial charge is 0.396 e. The van der Waals surface area contributed by atoms with Crippen LogP contribution in [0.15, 0.2) is 18.5 Å². The third-order valence-electron chi connectivity index (χ3n) is 4.39. The molecule has 1 aromatic heterocycles. The lowest BCUT2D eigenvalue weighted by molar-refractivity contribution is -0.00591. The second-order valence-electron chi connectivity index (χ2n) is 6.00. The molecule has 0 spiro atoms. The van der Waals surface area contributed by atoms with Crippen LogP contribution in [-0.2, 0) is 6.54 Å². The van der Waals surface area contributed by atoms with Crippen LogP contribution in [-0.4, -0.2) is 34.7 Å². The molecule has 0 saturated carbocycles. The summed E-state index contributed by atoms with van der Waals surface area (Å²) in [7, 11) is 0. The van der Waals surface area contributed by atoms with E-state index in [4.69, 9.17) is 0 Å². The van der Waals surface area contributed by atoms with E-state index < -0.39 is 0 Å². The van der Waals surface area contributed by atoms with Gasteiger partial charge in [-0.1, -0.05) is 13.8 Å². The molecule has 1 unspecified atom stereocenters. The van der Waals surface area contributed by atoms with Crippen LogP contribution in [0.25, 0.3) is 0 Å². The maximum absolute atomic E-state index is 13.1. The molecule has 1 aromatic rings. The first-order valence-corrected chi connectivity index (χ1v) is 6.98. The highest BCUT2D eigenvalue weighted by molar-refractivity contribution is 5.10. The van der Waals surface area contributed by atoms with Crippen molar-refractivity contribution in [1.29, 1.82) is 0 Å². The monoisotopic (exact) mass is 266 g/mol. The van der Waals surface area contributed by atoms with Gasteiger partial charge in [0, 0.05) is 24.7 Å². The molecule has 1 N–H and O–H groups in total. The van der Waals surface area contributed by atoms with Gasteiger partial charge in [-0.25, -0.2) is 4.39 Å². The number of piperidine rings is 1. The average molecular weight is 266 g/mol. The Balaban J connectivity index is 2.05. The summed E-state index contributed by atoms with van der Waals surface area (Å²) in [4.78, 5) is 6.19. The van der Waals surface area contributed by atoms with Crippen LogP contribution in [0, 0.1) is 17.2 Å². The number of aromatic nitrogens is 1. The van der Waals surface area contributed by atoms with E-state index in [1.807, 2.05) is 0 Å². The standard InChI is InChI=1S/C15H23FN2O/c1-12(2)15(11-19)4-3-5-18(10-15)9-13-6-14(16)8-17-7-13/h6-8,12,19H,3-5,9-11H2,1-2H3. The highest BCUT2D eigenvalue weighted by Crippen LogP contribution is 2.37. The molecule has 2 rings (SSSR count). The van der Waals surface area contributed by atoms with Crippen LogP contribution >= 0.6 is 0 Å². The number of nitrogens with zero attached hydrogens (tertiary/aromatic N) is 2. The summed E-state index contributed by atoms with van der Waals surface area (Å²) in [6, 6.07) is 1.54. The Morgan fingerprint density at radius 2 is 2.26 bits per heavy atom. The molecule has 0 aromatic carbocycles. The number of rotatable bonds is 4. The van der Waals surface area contributed by atoms with Crippen molar-refractivity contribution in [3.8, 4) is 0 Å². The minimum atomic E-state index is -0.285. The van der Waals surface area contributed by atoms with Crippen molar-refractivity contribution in [3.05, 3.63) is 29.8 Å². The van der Waals surface area contributed by atoms with Crippen molar-refractivity contribution in [2.75, 3.05) is 19.7 Å². The number of pyridine rings is 1. The molecule has 1 saturated heterocycles. The molecule has 19 heavy (non-hydrogen) atoms. The normalized spacial score (nSPS) is 24.9. The Hall–Kier alpha value is -1.00. The van der Waals surface area contributed by atoms with Gasteiger partial charge in [-0.05, 0) is 36.9 Å². The lowest BCUT2D eigenvalue weighted by atomic mass is 9.72. The Bertz CT molecular complexity index is 424. The van der Waals surface area contributed by atoms with Crippen molar-refractivity contribution in [3.63, 3.8) is 0 Å². The number of hydrogen-bond acceptors (Lipinski definition) is 3. The van der Waals surface area contributed by atoms with Gasteiger partial charge in [0.15, 0.2) is 0 Å². The third kappa shape index (κ3) is 3.31. The van der Waals surface area contributed by atoms with Gasteiger partial charge in [0.25, 0.3) is 0 Å². The SMILES string of the molecule is CC(C)C1(CO)CCCN(Cc2cncc(F)c2)C1. The molecule has 2 heterocycles. The van der Waals surface area contributed by atoms with Crippen LogP contribution in [0.5, 0.6) is 0 Å². The first-order valence-electron chi connectivity index (χ1n) is 6.98. The number of hydrogen-bond donors (Lipinski definition) is 1. The molecule has 0 amide bonds. The van der Waals surface area contributed by atoms with Gasteiger partial charge in [-0.2, -0.15) is 0 Å². The lowest BCUT2D eigenvalue weighted by Crippen LogP contribution is -2.47. The summed E-state index contributed by atoms with van der Waals surface area (Å²) in [5.41, 5.74) is 0.886. The van der Waals surface area contributed by atoms with Crippen molar-refractivity contribution in [2.45, 2.75) is 33.2 Å². The fraction of sp³-hybridized carbons (Fsp3) is 0.667. The van der Waals surface area contributed by atoms with E-state index in [-0.39, 0.29) is 17.8 Å². The van der Waals surface area contributed by atoms with E-state index >= 15 is 0 Å².